The Labute approximate surface area is 135 Å². The van der Waals surface area contributed by atoms with Crippen LogP contribution in [0.4, 0.5) is 0 Å². The van der Waals surface area contributed by atoms with Gasteiger partial charge in [0.2, 0.25) is 0 Å². The lowest BCUT2D eigenvalue weighted by Crippen LogP contribution is -2.33. The largest absolute Gasteiger partial charge is 0.395 e. The van der Waals surface area contributed by atoms with E-state index in [1.807, 2.05) is 26.8 Å². The lowest BCUT2D eigenvalue weighted by molar-refractivity contribution is 0.0733. The Morgan fingerprint density at radius 3 is 2.78 bits per heavy atom. The molecule has 0 unspecified atom stereocenters. The predicted octanol–water partition coefficient (Wildman–Crippen LogP) is 2.68. The fraction of sp³-hybridized carbons (Fsp3) is 0.588. The van der Waals surface area contributed by atoms with Gasteiger partial charge in [-0.1, -0.05) is 19.0 Å². The molecule has 124 valence electrons. The number of nitrogens with zero attached hydrogens (tertiary/aromatic N) is 3. The number of amides is 1. The van der Waals surface area contributed by atoms with Crippen molar-refractivity contribution in [3.8, 4) is 0 Å². The number of fused-ring (bicyclic) bond motifs is 1. The van der Waals surface area contributed by atoms with Crippen molar-refractivity contribution in [3.63, 3.8) is 0 Å². The number of hydrogen-bond acceptors (Lipinski definition) is 5. The van der Waals surface area contributed by atoms with Gasteiger partial charge in [0.15, 0.2) is 0 Å². The maximum atomic E-state index is 13.0. The van der Waals surface area contributed by atoms with Crippen LogP contribution in [0.15, 0.2) is 10.6 Å². The first-order chi connectivity index (χ1) is 11.1. The summed E-state index contributed by atoms with van der Waals surface area (Å²) < 4.78 is 5.41. The van der Waals surface area contributed by atoms with Crippen LogP contribution in [0, 0.1) is 0 Å². The fourth-order valence-corrected chi connectivity index (χ4v) is 2.84. The molecule has 6 nitrogen and oxygen atoms in total. The Bertz CT molecular complexity index is 719. The van der Waals surface area contributed by atoms with Crippen molar-refractivity contribution < 1.29 is 14.4 Å². The van der Waals surface area contributed by atoms with Crippen molar-refractivity contribution in [2.75, 3.05) is 19.7 Å². The first kappa shape index (κ1) is 15.9. The lowest BCUT2D eigenvalue weighted by Gasteiger charge is -2.20. The molecule has 2 heterocycles. The minimum absolute atomic E-state index is 0.0516. The number of likely N-dealkylation sites (N-methyl/N-ethyl adjacent to an activating group) is 1. The number of pyridine rings is 1. The van der Waals surface area contributed by atoms with Crippen molar-refractivity contribution >= 4 is 17.0 Å². The number of hydrogen-bond donors (Lipinski definition) is 1. The van der Waals surface area contributed by atoms with E-state index in [9.17, 15) is 9.90 Å². The van der Waals surface area contributed by atoms with Crippen LogP contribution < -0.4 is 0 Å². The predicted molar refractivity (Wildman–Crippen MR) is 86.5 cm³/mol. The summed E-state index contributed by atoms with van der Waals surface area (Å²) in [6.45, 7) is 6.76. The van der Waals surface area contributed by atoms with Crippen molar-refractivity contribution in [1.82, 2.24) is 15.0 Å². The van der Waals surface area contributed by atoms with Crippen molar-refractivity contribution in [2.45, 2.75) is 45.4 Å². The van der Waals surface area contributed by atoms with Crippen molar-refractivity contribution in [3.05, 3.63) is 23.0 Å². The average Bonchev–Trinajstić information content (AvgIpc) is 3.30. The van der Waals surface area contributed by atoms with E-state index < -0.39 is 0 Å². The Balaban J connectivity index is 2.14. The van der Waals surface area contributed by atoms with Crippen LogP contribution in [0.1, 0.15) is 67.2 Å². The molecule has 3 rings (SSSR count). The number of carbonyl (C=O) groups is 1. The molecule has 2 aromatic heterocycles. The zero-order valence-electron chi connectivity index (χ0n) is 13.9. The maximum Gasteiger partial charge on any atom is 0.259 e. The van der Waals surface area contributed by atoms with Gasteiger partial charge in [-0.3, -0.25) is 4.79 Å². The van der Waals surface area contributed by atoms with E-state index in [0.29, 0.717) is 35.7 Å². The highest BCUT2D eigenvalue weighted by Crippen LogP contribution is 2.41. The van der Waals surface area contributed by atoms with Crippen LogP contribution >= 0.6 is 0 Å². The molecule has 1 aliphatic carbocycles. The average molecular weight is 317 g/mol. The summed E-state index contributed by atoms with van der Waals surface area (Å²) in [6.07, 6.45) is 2.21. The fourth-order valence-electron chi connectivity index (χ4n) is 2.84. The minimum Gasteiger partial charge on any atom is -0.395 e. The summed E-state index contributed by atoms with van der Waals surface area (Å²) >= 11 is 0. The normalized spacial score (nSPS) is 14.7. The molecule has 0 bridgehead atoms. The molecule has 1 saturated carbocycles. The molecule has 1 amide bonds. The van der Waals surface area contributed by atoms with Crippen molar-refractivity contribution in [1.29, 1.82) is 0 Å². The van der Waals surface area contributed by atoms with E-state index in [0.717, 1.165) is 24.2 Å². The van der Waals surface area contributed by atoms with Gasteiger partial charge in [-0.15, -0.1) is 0 Å². The van der Waals surface area contributed by atoms with E-state index in [2.05, 4.69) is 10.1 Å². The van der Waals surface area contributed by atoms with Gasteiger partial charge in [0.25, 0.3) is 11.6 Å². The van der Waals surface area contributed by atoms with E-state index in [-0.39, 0.29) is 18.4 Å². The molecule has 6 heteroatoms. The summed E-state index contributed by atoms with van der Waals surface area (Å²) in [6, 6.07) is 1.89. The standard InChI is InChI=1S/C17H23N3O3/c1-4-20(7-8-21)17(22)12-9-13(11-5-6-11)18-16-14(12)15(10(2)3)19-23-16/h9-11,21H,4-8H2,1-3H3. The highest BCUT2D eigenvalue weighted by Gasteiger charge is 2.30. The second-order valence-corrected chi connectivity index (χ2v) is 6.38. The quantitative estimate of drug-likeness (QED) is 0.886. The molecule has 1 fully saturated rings. The third-order valence-electron chi connectivity index (χ3n) is 4.30. The Hall–Kier alpha value is -1.95. The highest BCUT2D eigenvalue weighted by molar-refractivity contribution is 6.06. The van der Waals surface area contributed by atoms with Crippen LogP contribution in [0.2, 0.25) is 0 Å². The topological polar surface area (TPSA) is 79.5 Å². The maximum absolute atomic E-state index is 13.0. The molecule has 0 radical (unpaired) electrons. The molecule has 1 N–H and O–H groups in total. The molecule has 2 aromatic rings. The molecule has 0 atom stereocenters. The van der Waals surface area contributed by atoms with E-state index in [4.69, 9.17) is 4.52 Å². The van der Waals surface area contributed by atoms with Crippen LogP contribution in [0.3, 0.4) is 0 Å². The SMILES string of the molecule is CCN(CCO)C(=O)c1cc(C2CC2)nc2onc(C(C)C)c12. The van der Waals surface area contributed by atoms with E-state index in [1.165, 1.54) is 0 Å². The smallest absolute Gasteiger partial charge is 0.259 e. The number of carbonyl (C=O) groups excluding carboxylic acids is 1. The molecule has 1 aliphatic rings. The highest BCUT2D eigenvalue weighted by atomic mass is 16.5. The zero-order valence-corrected chi connectivity index (χ0v) is 13.9. The number of aliphatic hydroxyl groups is 1. The monoisotopic (exact) mass is 317 g/mol. The number of aliphatic hydroxyl groups excluding tert-OH is 1. The van der Waals surface area contributed by atoms with Gasteiger partial charge < -0.3 is 14.5 Å². The van der Waals surface area contributed by atoms with Gasteiger partial charge in [-0.2, -0.15) is 0 Å². The molecule has 0 aromatic carbocycles. The summed E-state index contributed by atoms with van der Waals surface area (Å²) in [7, 11) is 0. The third-order valence-corrected chi connectivity index (χ3v) is 4.30. The molecule has 0 spiro atoms. The Kier molecular flexibility index (Phi) is 4.35. The summed E-state index contributed by atoms with van der Waals surface area (Å²) in [4.78, 5) is 19.2. The van der Waals surface area contributed by atoms with Gasteiger partial charge >= 0.3 is 0 Å². The molecule has 0 aliphatic heterocycles. The lowest BCUT2D eigenvalue weighted by atomic mass is 10.0. The second-order valence-electron chi connectivity index (χ2n) is 6.38. The Morgan fingerprint density at radius 1 is 1.48 bits per heavy atom. The summed E-state index contributed by atoms with van der Waals surface area (Å²) in [5, 5.41) is 14.0. The molecule has 0 saturated heterocycles. The van der Waals surface area contributed by atoms with Crippen LogP contribution in [-0.2, 0) is 0 Å². The third kappa shape index (κ3) is 2.95. The Morgan fingerprint density at radius 2 is 2.22 bits per heavy atom. The minimum atomic E-state index is -0.0963. The van der Waals surface area contributed by atoms with Gasteiger partial charge in [-0.05, 0) is 31.7 Å². The van der Waals surface area contributed by atoms with Crippen molar-refractivity contribution in [2.24, 2.45) is 0 Å². The van der Waals surface area contributed by atoms with Crippen LogP contribution in [0.5, 0.6) is 0 Å². The first-order valence-electron chi connectivity index (χ1n) is 8.27. The van der Waals surface area contributed by atoms with Crippen LogP contribution in [-0.4, -0.2) is 45.8 Å². The van der Waals surface area contributed by atoms with Crippen LogP contribution in [0.25, 0.3) is 11.1 Å². The van der Waals surface area contributed by atoms with Gasteiger partial charge in [-0.25, -0.2) is 4.98 Å². The van der Waals surface area contributed by atoms with Gasteiger partial charge in [0, 0.05) is 24.7 Å². The first-order valence-corrected chi connectivity index (χ1v) is 8.27. The van der Waals surface area contributed by atoms with Gasteiger partial charge in [0.1, 0.15) is 0 Å². The number of rotatable bonds is 6. The van der Waals surface area contributed by atoms with Gasteiger partial charge in [0.05, 0.1) is 23.3 Å². The molecular weight excluding hydrogens is 294 g/mol. The molecule has 23 heavy (non-hydrogen) atoms. The summed E-state index contributed by atoms with van der Waals surface area (Å²) in [5.74, 6) is 0.469. The zero-order chi connectivity index (χ0) is 16.6. The second kappa shape index (κ2) is 6.28. The van der Waals surface area contributed by atoms with E-state index in [1.54, 1.807) is 4.90 Å². The number of aromatic nitrogens is 2. The van der Waals surface area contributed by atoms with E-state index >= 15 is 0 Å². The molecular formula is C17H23N3O3. The summed E-state index contributed by atoms with van der Waals surface area (Å²) in [5.41, 5.74) is 2.71.